The molecule has 0 radical (unpaired) electrons. The lowest BCUT2D eigenvalue weighted by Crippen LogP contribution is -2.23. The molecule has 1 amide bonds. The van der Waals surface area contributed by atoms with Crippen molar-refractivity contribution in [2.24, 2.45) is 0 Å². The van der Waals surface area contributed by atoms with E-state index in [1.807, 2.05) is 25.1 Å². The molecule has 3 rings (SSSR count). The second kappa shape index (κ2) is 6.46. The molecule has 0 aliphatic carbocycles. The number of benzene rings is 1. The van der Waals surface area contributed by atoms with Crippen molar-refractivity contribution in [1.82, 2.24) is 10.3 Å². The molecule has 3 aromatic rings. The first-order valence-corrected chi connectivity index (χ1v) is 7.77. The van der Waals surface area contributed by atoms with Gasteiger partial charge in [-0.05, 0) is 36.8 Å². The first-order chi connectivity index (χ1) is 11.2. The highest BCUT2D eigenvalue weighted by Gasteiger charge is 2.17. The fourth-order valence-electron chi connectivity index (χ4n) is 2.08. The zero-order valence-corrected chi connectivity index (χ0v) is 13.2. The number of hydrogen-bond acceptors (Lipinski definition) is 5. The van der Waals surface area contributed by atoms with Gasteiger partial charge in [0.25, 0.3) is 5.91 Å². The van der Waals surface area contributed by atoms with Crippen LogP contribution in [0.25, 0.3) is 10.8 Å². The van der Waals surface area contributed by atoms with Crippen molar-refractivity contribution in [3.8, 4) is 16.8 Å². The Hall–Kier alpha value is -2.91. The van der Waals surface area contributed by atoms with Gasteiger partial charge in [0.1, 0.15) is 5.69 Å². The number of thiazole rings is 1. The summed E-state index contributed by atoms with van der Waals surface area (Å²) >= 11 is 1.43. The lowest BCUT2D eigenvalue weighted by molar-refractivity contribution is 0.0946. The third kappa shape index (κ3) is 3.30. The lowest BCUT2D eigenvalue weighted by atomic mass is 10.1. The van der Waals surface area contributed by atoms with Gasteiger partial charge in [0, 0.05) is 11.4 Å². The van der Waals surface area contributed by atoms with E-state index in [9.17, 15) is 4.79 Å². The SMILES string of the molecule is Cc1sc(-c2ccco2)nc1C(=O)NCc1ccc(C#N)cc1. The second-order valence-corrected chi connectivity index (χ2v) is 6.10. The van der Waals surface area contributed by atoms with E-state index in [1.165, 1.54) is 11.3 Å². The van der Waals surface area contributed by atoms with Crippen LogP contribution in [0.2, 0.25) is 0 Å². The molecule has 0 unspecified atom stereocenters. The highest BCUT2D eigenvalue weighted by Crippen LogP contribution is 2.27. The summed E-state index contributed by atoms with van der Waals surface area (Å²) < 4.78 is 5.31. The molecule has 5 nitrogen and oxygen atoms in total. The van der Waals surface area contributed by atoms with Crippen LogP contribution < -0.4 is 5.32 Å². The summed E-state index contributed by atoms with van der Waals surface area (Å²) in [6, 6.07) is 12.8. The fraction of sp³-hybridized carbons (Fsp3) is 0.118. The van der Waals surface area contributed by atoms with Crippen LogP contribution in [0.1, 0.15) is 26.5 Å². The van der Waals surface area contributed by atoms with Gasteiger partial charge in [-0.2, -0.15) is 5.26 Å². The van der Waals surface area contributed by atoms with Gasteiger partial charge in [0.05, 0.1) is 17.9 Å². The molecule has 1 N–H and O–H groups in total. The Morgan fingerprint density at radius 2 is 2.13 bits per heavy atom. The van der Waals surface area contributed by atoms with Gasteiger partial charge < -0.3 is 9.73 Å². The highest BCUT2D eigenvalue weighted by molar-refractivity contribution is 7.15. The van der Waals surface area contributed by atoms with E-state index < -0.39 is 0 Å². The number of amides is 1. The maximum Gasteiger partial charge on any atom is 0.271 e. The zero-order chi connectivity index (χ0) is 16.2. The van der Waals surface area contributed by atoms with Crippen molar-refractivity contribution in [2.75, 3.05) is 0 Å². The number of rotatable bonds is 4. The molecule has 0 saturated heterocycles. The van der Waals surface area contributed by atoms with Gasteiger partial charge in [-0.15, -0.1) is 11.3 Å². The third-order valence-electron chi connectivity index (χ3n) is 3.28. The number of carbonyl (C=O) groups is 1. The Balaban J connectivity index is 1.69. The number of aryl methyl sites for hydroxylation is 1. The summed E-state index contributed by atoms with van der Waals surface area (Å²) in [7, 11) is 0. The predicted octanol–water partition coefficient (Wildman–Crippen LogP) is 3.51. The van der Waals surface area contributed by atoms with E-state index in [-0.39, 0.29) is 5.91 Å². The van der Waals surface area contributed by atoms with E-state index in [0.29, 0.717) is 28.6 Å². The number of nitrogens with one attached hydrogen (secondary N) is 1. The van der Waals surface area contributed by atoms with Crippen molar-refractivity contribution < 1.29 is 9.21 Å². The summed E-state index contributed by atoms with van der Waals surface area (Å²) in [6.45, 7) is 2.25. The molecule has 1 aromatic carbocycles. The highest BCUT2D eigenvalue weighted by atomic mass is 32.1. The summed E-state index contributed by atoms with van der Waals surface area (Å²) in [6.07, 6.45) is 1.58. The van der Waals surface area contributed by atoms with E-state index in [0.717, 1.165) is 10.4 Å². The Morgan fingerprint density at radius 3 is 2.78 bits per heavy atom. The topological polar surface area (TPSA) is 78.9 Å². The van der Waals surface area contributed by atoms with Gasteiger partial charge in [-0.1, -0.05) is 12.1 Å². The van der Waals surface area contributed by atoms with Crippen LogP contribution in [0.4, 0.5) is 0 Å². The molecule has 0 fully saturated rings. The van der Waals surface area contributed by atoms with Crippen molar-refractivity contribution in [3.63, 3.8) is 0 Å². The number of hydrogen-bond donors (Lipinski definition) is 1. The fourth-order valence-corrected chi connectivity index (χ4v) is 2.95. The standard InChI is InChI=1S/C17H13N3O2S/c1-11-15(20-17(23-11)14-3-2-8-22-14)16(21)19-10-13-6-4-12(9-18)5-7-13/h2-8H,10H2,1H3,(H,19,21). The summed E-state index contributed by atoms with van der Waals surface area (Å²) in [5.41, 5.74) is 1.94. The quantitative estimate of drug-likeness (QED) is 0.797. The number of aromatic nitrogens is 1. The molecule has 0 saturated carbocycles. The Labute approximate surface area is 137 Å². The number of nitriles is 1. The average molecular weight is 323 g/mol. The minimum Gasteiger partial charge on any atom is -0.462 e. The largest absolute Gasteiger partial charge is 0.462 e. The van der Waals surface area contributed by atoms with Crippen LogP contribution in [0.15, 0.2) is 47.1 Å². The van der Waals surface area contributed by atoms with Crippen LogP contribution in [-0.4, -0.2) is 10.9 Å². The summed E-state index contributed by atoms with van der Waals surface area (Å²) in [4.78, 5) is 17.5. The first-order valence-electron chi connectivity index (χ1n) is 6.96. The van der Waals surface area contributed by atoms with Crippen molar-refractivity contribution in [3.05, 3.63) is 64.4 Å². The van der Waals surface area contributed by atoms with Crippen molar-refractivity contribution >= 4 is 17.2 Å². The van der Waals surface area contributed by atoms with Crippen molar-refractivity contribution in [1.29, 1.82) is 5.26 Å². The molecule has 2 heterocycles. The number of nitrogens with zero attached hydrogens (tertiary/aromatic N) is 2. The Bertz CT molecular complexity index is 858. The number of furan rings is 1. The van der Waals surface area contributed by atoms with Gasteiger partial charge in [-0.3, -0.25) is 4.79 Å². The van der Waals surface area contributed by atoms with Gasteiger partial charge in [0.2, 0.25) is 0 Å². The molecule has 2 aromatic heterocycles. The van der Waals surface area contributed by atoms with Crippen LogP contribution in [0.3, 0.4) is 0 Å². The minimum atomic E-state index is -0.221. The van der Waals surface area contributed by atoms with E-state index in [4.69, 9.17) is 9.68 Å². The van der Waals surface area contributed by atoms with Crippen LogP contribution >= 0.6 is 11.3 Å². The Kier molecular flexibility index (Phi) is 4.22. The molecule has 0 bridgehead atoms. The molecule has 114 valence electrons. The molecular formula is C17H13N3O2S. The third-order valence-corrected chi connectivity index (χ3v) is 4.27. The molecular weight excluding hydrogens is 310 g/mol. The van der Waals surface area contributed by atoms with Crippen LogP contribution in [-0.2, 0) is 6.54 Å². The maximum atomic E-state index is 12.3. The van der Waals surface area contributed by atoms with Gasteiger partial charge in [0.15, 0.2) is 10.8 Å². The lowest BCUT2D eigenvalue weighted by Gasteiger charge is -2.04. The average Bonchev–Trinajstić information content (AvgIpc) is 3.22. The van der Waals surface area contributed by atoms with Crippen molar-refractivity contribution in [2.45, 2.75) is 13.5 Å². The smallest absolute Gasteiger partial charge is 0.271 e. The van der Waals surface area contributed by atoms with E-state index in [1.54, 1.807) is 24.5 Å². The second-order valence-electron chi connectivity index (χ2n) is 4.89. The molecule has 6 heteroatoms. The minimum absolute atomic E-state index is 0.221. The van der Waals surface area contributed by atoms with E-state index in [2.05, 4.69) is 16.4 Å². The Morgan fingerprint density at radius 1 is 1.35 bits per heavy atom. The monoisotopic (exact) mass is 323 g/mol. The molecule has 23 heavy (non-hydrogen) atoms. The summed E-state index contributed by atoms with van der Waals surface area (Å²) in [5, 5.41) is 12.3. The van der Waals surface area contributed by atoms with Crippen LogP contribution in [0.5, 0.6) is 0 Å². The van der Waals surface area contributed by atoms with Crippen LogP contribution in [0, 0.1) is 18.3 Å². The first kappa shape index (κ1) is 15.0. The molecule has 0 aliphatic heterocycles. The molecule has 0 aliphatic rings. The zero-order valence-electron chi connectivity index (χ0n) is 12.4. The maximum absolute atomic E-state index is 12.3. The van der Waals surface area contributed by atoms with E-state index >= 15 is 0 Å². The normalized spacial score (nSPS) is 10.3. The van der Waals surface area contributed by atoms with Gasteiger partial charge >= 0.3 is 0 Å². The predicted molar refractivity (Wildman–Crippen MR) is 86.9 cm³/mol. The van der Waals surface area contributed by atoms with Gasteiger partial charge in [-0.25, -0.2) is 4.98 Å². The molecule has 0 atom stereocenters. The number of carbonyl (C=O) groups excluding carboxylic acids is 1. The summed E-state index contributed by atoms with van der Waals surface area (Å²) in [5.74, 6) is 0.435. The molecule has 0 spiro atoms.